The fourth-order valence-corrected chi connectivity index (χ4v) is 3.07. The Kier molecular flexibility index (Phi) is 5.03. The van der Waals surface area contributed by atoms with Crippen LogP contribution in [0.5, 0.6) is 11.5 Å². The van der Waals surface area contributed by atoms with E-state index in [4.69, 9.17) is 9.47 Å². The highest BCUT2D eigenvalue weighted by molar-refractivity contribution is 6.17. The van der Waals surface area contributed by atoms with Crippen molar-refractivity contribution in [3.8, 4) is 11.5 Å². The van der Waals surface area contributed by atoms with E-state index in [1.807, 2.05) is 31.2 Å². The van der Waals surface area contributed by atoms with Crippen LogP contribution in [-0.2, 0) is 9.59 Å². The minimum Gasteiger partial charge on any atom is -0.497 e. The number of amides is 2. The highest BCUT2D eigenvalue weighted by atomic mass is 16.5. The van der Waals surface area contributed by atoms with Crippen molar-refractivity contribution in [2.45, 2.75) is 25.7 Å². The van der Waals surface area contributed by atoms with Gasteiger partial charge in [-0.3, -0.25) is 14.5 Å². The van der Waals surface area contributed by atoms with E-state index in [0.717, 1.165) is 17.1 Å². The summed E-state index contributed by atoms with van der Waals surface area (Å²) >= 11 is 0. The molecule has 0 atom stereocenters. The molecule has 0 aromatic heterocycles. The number of carbonyl (C=O) groups excluding carboxylic acids is 2. The second kappa shape index (κ2) is 7.38. The van der Waals surface area contributed by atoms with Gasteiger partial charge in [0, 0.05) is 18.8 Å². The molecule has 1 fully saturated rings. The monoisotopic (exact) mass is 339 g/mol. The molecule has 0 aliphatic carbocycles. The van der Waals surface area contributed by atoms with Crippen LogP contribution in [0.1, 0.15) is 31.2 Å². The Labute approximate surface area is 147 Å². The lowest BCUT2D eigenvalue weighted by Gasteiger charge is -2.30. The zero-order valence-corrected chi connectivity index (χ0v) is 14.4. The van der Waals surface area contributed by atoms with Gasteiger partial charge >= 0.3 is 0 Å². The molecule has 3 rings (SSSR count). The lowest BCUT2D eigenvalue weighted by molar-refractivity contribution is -0.129. The third-order valence-electron chi connectivity index (χ3n) is 4.33. The zero-order chi connectivity index (χ0) is 17.8. The van der Waals surface area contributed by atoms with Gasteiger partial charge in [-0.15, -0.1) is 0 Å². The maximum absolute atomic E-state index is 12.6. The smallest absolute Gasteiger partial charge is 0.234 e. The number of imide groups is 1. The van der Waals surface area contributed by atoms with Gasteiger partial charge in [0.1, 0.15) is 11.5 Å². The maximum atomic E-state index is 12.6. The van der Waals surface area contributed by atoms with Crippen molar-refractivity contribution in [2.75, 3.05) is 18.6 Å². The predicted octanol–water partition coefficient (Wildman–Crippen LogP) is 3.53. The molecular formula is C20H21NO4. The summed E-state index contributed by atoms with van der Waals surface area (Å²) in [7, 11) is 1.61. The molecular weight excluding hydrogens is 318 g/mol. The van der Waals surface area contributed by atoms with E-state index in [1.54, 1.807) is 31.4 Å². The number of hydrogen-bond donors (Lipinski definition) is 0. The highest BCUT2D eigenvalue weighted by Gasteiger charge is 2.34. The van der Waals surface area contributed by atoms with Crippen molar-refractivity contribution in [3.63, 3.8) is 0 Å². The van der Waals surface area contributed by atoms with Crippen molar-refractivity contribution in [3.05, 3.63) is 54.1 Å². The van der Waals surface area contributed by atoms with Crippen molar-refractivity contribution in [2.24, 2.45) is 0 Å². The van der Waals surface area contributed by atoms with E-state index in [1.165, 1.54) is 4.90 Å². The van der Waals surface area contributed by atoms with Gasteiger partial charge < -0.3 is 9.47 Å². The van der Waals surface area contributed by atoms with E-state index in [2.05, 4.69) is 0 Å². The van der Waals surface area contributed by atoms with E-state index in [0.29, 0.717) is 25.1 Å². The topological polar surface area (TPSA) is 55.8 Å². The molecule has 1 heterocycles. The van der Waals surface area contributed by atoms with Crippen LogP contribution >= 0.6 is 0 Å². The molecule has 0 radical (unpaired) electrons. The van der Waals surface area contributed by atoms with Crippen LogP contribution in [0.2, 0.25) is 0 Å². The molecule has 0 saturated carbocycles. The van der Waals surface area contributed by atoms with Gasteiger partial charge in [0.2, 0.25) is 11.8 Å². The van der Waals surface area contributed by atoms with Crippen LogP contribution in [0, 0.1) is 0 Å². The Balaban J connectivity index is 1.75. The quantitative estimate of drug-likeness (QED) is 0.782. The summed E-state index contributed by atoms with van der Waals surface area (Å²) in [6, 6.07) is 14.6. The van der Waals surface area contributed by atoms with Crippen LogP contribution in [0.15, 0.2) is 48.5 Å². The predicted molar refractivity (Wildman–Crippen MR) is 95.1 cm³/mol. The Morgan fingerprint density at radius 2 is 1.48 bits per heavy atom. The molecule has 1 aliphatic heterocycles. The van der Waals surface area contributed by atoms with Gasteiger partial charge in [-0.2, -0.15) is 0 Å². The second-order valence-corrected chi connectivity index (χ2v) is 5.93. The van der Waals surface area contributed by atoms with Crippen molar-refractivity contribution < 1.29 is 19.1 Å². The van der Waals surface area contributed by atoms with Crippen molar-refractivity contribution in [1.82, 2.24) is 0 Å². The normalized spacial score (nSPS) is 15.4. The van der Waals surface area contributed by atoms with Crippen LogP contribution in [-0.4, -0.2) is 25.5 Å². The Hall–Kier alpha value is -2.82. The minimum absolute atomic E-state index is 0.0927. The Morgan fingerprint density at radius 1 is 0.920 bits per heavy atom. The zero-order valence-electron chi connectivity index (χ0n) is 14.4. The van der Waals surface area contributed by atoms with Crippen LogP contribution in [0.4, 0.5) is 5.69 Å². The van der Waals surface area contributed by atoms with E-state index < -0.39 is 0 Å². The first-order valence-electron chi connectivity index (χ1n) is 8.35. The number of benzene rings is 2. The van der Waals surface area contributed by atoms with Gasteiger partial charge in [0.15, 0.2) is 0 Å². The average molecular weight is 339 g/mol. The molecule has 2 amide bonds. The SMILES string of the molecule is CCOc1ccc(N2C(=O)CC(c3ccc(OC)cc3)CC2=O)cc1. The summed E-state index contributed by atoms with van der Waals surface area (Å²) in [6.07, 6.45) is 0.622. The molecule has 5 nitrogen and oxygen atoms in total. The summed E-state index contributed by atoms with van der Waals surface area (Å²) < 4.78 is 10.5. The van der Waals surface area contributed by atoms with Gasteiger partial charge in [-0.1, -0.05) is 12.1 Å². The van der Waals surface area contributed by atoms with E-state index >= 15 is 0 Å². The van der Waals surface area contributed by atoms with Crippen molar-refractivity contribution >= 4 is 17.5 Å². The number of ether oxygens (including phenoxy) is 2. The molecule has 2 aromatic carbocycles. The summed E-state index contributed by atoms with van der Waals surface area (Å²) in [4.78, 5) is 26.4. The molecule has 5 heteroatoms. The molecule has 130 valence electrons. The summed E-state index contributed by atoms with van der Waals surface area (Å²) in [5, 5.41) is 0. The first-order chi connectivity index (χ1) is 12.1. The number of hydrogen-bond acceptors (Lipinski definition) is 4. The molecule has 0 spiro atoms. The van der Waals surface area contributed by atoms with E-state index in [-0.39, 0.29) is 17.7 Å². The number of piperidine rings is 1. The van der Waals surface area contributed by atoms with Crippen LogP contribution in [0.25, 0.3) is 0 Å². The van der Waals surface area contributed by atoms with E-state index in [9.17, 15) is 9.59 Å². The maximum Gasteiger partial charge on any atom is 0.234 e. The standard InChI is InChI=1S/C20H21NO4/c1-3-25-18-10-6-16(7-11-18)21-19(22)12-15(13-20(21)23)14-4-8-17(24-2)9-5-14/h4-11,15H,3,12-13H2,1-2H3. The first kappa shape index (κ1) is 17.0. The number of methoxy groups -OCH3 is 1. The fourth-order valence-electron chi connectivity index (χ4n) is 3.07. The van der Waals surface area contributed by atoms with Gasteiger partial charge in [-0.25, -0.2) is 0 Å². The molecule has 25 heavy (non-hydrogen) atoms. The molecule has 1 saturated heterocycles. The average Bonchev–Trinajstić information content (AvgIpc) is 2.63. The molecule has 0 unspecified atom stereocenters. The van der Waals surface area contributed by atoms with Gasteiger partial charge in [0.25, 0.3) is 0 Å². The van der Waals surface area contributed by atoms with Gasteiger partial charge in [0.05, 0.1) is 19.4 Å². The lowest BCUT2D eigenvalue weighted by Crippen LogP contribution is -2.42. The molecule has 0 N–H and O–H groups in total. The summed E-state index contributed by atoms with van der Waals surface area (Å²) in [6.45, 7) is 2.48. The highest BCUT2D eigenvalue weighted by Crippen LogP contribution is 2.33. The second-order valence-electron chi connectivity index (χ2n) is 5.93. The third-order valence-corrected chi connectivity index (χ3v) is 4.33. The summed E-state index contributed by atoms with van der Waals surface area (Å²) in [5.74, 6) is 1.03. The number of carbonyl (C=O) groups is 2. The van der Waals surface area contributed by atoms with Crippen molar-refractivity contribution in [1.29, 1.82) is 0 Å². The first-order valence-corrected chi connectivity index (χ1v) is 8.35. The summed E-state index contributed by atoms with van der Waals surface area (Å²) in [5.41, 5.74) is 1.57. The van der Waals surface area contributed by atoms with Gasteiger partial charge in [-0.05, 0) is 48.9 Å². The minimum atomic E-state index is -0.179. The third kappa shape index (κ3) is 3.65. The molecule has 1 aliphatic rings. The lowest BCUT2D eigenvalue weighted by atomic mass is 9.88. The molecule has 0 bridgehead atoms. The number of anilines is 1. The number of rotatable bonds is 5. The van der Waals surface area contributed by atoms with Crippen LogP contribution in [0.3, 0.4) is 0 Å². The fraction of sp³-hybridized carbons (Fsp3) is 0.300. The Bertz CT molecular complexity index is 734. The largest absolute Gasteiger partial charge is 0.497 e. The Morgan fingerprint density at radius 3 is 2.00 bits per heavy atom. The molecule has 2 aromatic rings. The van der Waals surface area contributed by atoms with Crippen LogP contribution < -0.4 is 14.4 Å². The number of nitrogens with zero attached hydrogens (tertiary/aromatic N) is 1.